The van der Waals surface area contributed by atoms with Gasteiger partial charge < -0.3 is 14.5 Å². The van der Waals surface area contributed by atoms with Crippen LogP contribution in [0.1, 0.15) is 32.0 Å². The molecule has 0 unspecified atom stereocenters. The number of non-ortho nitro benzene ring substituents is 1. The summed E-state index contributed by atoms with van der Waals surface area (Å²) in [7, 11) is 1.16. The van der Waals surface area contributed by atoms with Crippen molar-refractivity contribution in [1.29, 1.82) is 0 Å². The molecule has 1 heterocycles. The number of esters is 1. The van der Waals surface area contributed by atoms with Crippen molar-refractivity contribution >= 4 is 45.8 Å². The van der Waals surface area contributed by atoms with Gasteiger partial charge in [-0.05, 0) is 37.6 Å². The number of nitrogens with zero attached hydrogens (tertiary/aromatic N) is 1. The van der Waals surface area contributed by atoms with Gasteiger partial charge in [0, 0.05) is 33.8 Å². The Kier molecular flexibility index (Phi) is 5.06. The molecule has 0 spiro atoms. The maximum atomic E-state index is 12.7. The highest BCUT2D eigenvalue weighted by molar-refractivity contribution is 6.32. The van der Waals surface area contributed by atoms with Crippen LogP contribution in [0.5, 0.6) is 0 Å². The zero-order valence-electron chi connectivity index (χ0n) is 15.2. The Morgan fingerprint density at radius 1 is 1.18 bits per heavy atom. The number of methoxy groups -OCH3 is 1. The monoisotopic (exact) mass is 402 g/mol. The highest BCUT2D eigenvalue weighted by Gasteiger charge is 2.21. The zero-order valence-corrected chi connectivity index (χ0v) is 15.9. The van der Waals surface area contributed by atoms with E-state index in [1.165, 1.54) is 6.07 Å². The second kappa shape index (κ2) is 7.32. The first-order valence-corrected chi connectivity index (χ1v) is 8.47. The van der Waals surface area contributed by atoms with Gasteiger partial charge in [-0.2, -0.15) is 0 Å². The van der Waals surface area contributed by atoms with E-state index in [1.807, 2.05) is 6.92 Å². The van der Waals surface area contributed by atoms with E-state index in [0.29, 0.717) is 21.6 Å². The molecular weight excluding hydrogens is 388 g/mol. The first-order valence-electron chi connectivity index (χ1n) is 8.09. The third-order valence-electron chi connectivity index (χ3n) is 4.23. The van der Waals surface area contributed by atoms with Crippen molar-refractivity contribution in [2.24, 2.45) is 0 Å². The molecule has 0 aliphatic heterocycles. The number of nitro groups is 1. The molecule has 0 aliphatic carbocycles. The number of carbonyl (C=O) groups is 2. The number of anilines is 1. The molecule has 1 amide bonds. The number of nitro benzene ring substituents is 1. The van der Waals surface area contributed by atoms with Gasteiger partial charge in [0.1, 0.15) is 5.58 Å². The van der Waals surface area contributed by atoms with Crippen LogP contribution >= 0.6 is 11.6 Å². The van der Waals surface area contributed by atoms with Gasteiger partial charge in [-0.15, -0.1) is 0 Å². The van der Waals surface area contributed by atoms with Gasteiger partial charge in [-0.1, -0.05) is 11.6 Å². The predicted octanol–water partition coefficient (Wildman–Crippen LogP) is 4.65. The summed E-state index contributed by atoms with van der Waals surface area (Å²) in [6.45, 7) is 3.52. The smallest absolute Gasteiger partial charge is 0.338 e. The van der Waals surface area contributed by atoms with E-state index in [0.717, 1.165) is 24.8 Å². The SMILES string of the molecule is COC(=O)c1cc(NC(=O)c2oc3cc(C)c(Cl)cc3c2C)cc([N+](=O)[O-])c1. The molecular formula is C19H15ClN2O6. The number of hydrogen-bond donors (Lipinski definition) is 1. The van der Waals surface area contributed by atoms with E-state index < -0.39 is 16.8 Å². The maximum absolute atomic E-state index is 12.7. The lowest BCUT2D eigenvalue weighted by Gasteiger charge is -2.06. The van der Waals surface area contributed by atoms with Crippen LogP contribution in [0.4, 0.5) is 11.4 Å². The minimum absolute atomic E-state index is 0.0443. The van der Waals surface area contributed by atoms with Crippen molar-refractivity contribution in [2.75, 3.05) is 12.4 Å². The number of carbonyl (C=O) groups excluding carboxylic acids is 2. The van der Waals surface area contributed by atoms with E-state index in [-0.39, 0.29) is 22.7 Å². The van der Waals surface area contributed by atoms with Crippen molar-refractivity contribution < 1.29 is 23.7 Å². The third kappa shape index (κ3) is 3.54. The van der Waals surface area contributed by atoms with Gasteiger partial charge in [0.15, 0.2) is 5.76 Å². The molecule has 0 saturated carbocycles. The first kappa shape index (κ1) is 19.4. The average molecular weight is 403 g/mol. The highest BCUT2D eigenvalue weighted by Crippen LogP contribution is 2.31. The van der Waals surface area contributed by atoms with Crippen molar-refractivity contribution in [3.63, 3.8) is 0 Å². The molecule has 28 heavy (non-hydrogen) atoms. The van der Waals surface area contributed by atoms with Gasteiger partial charge in [0.05, 0.1) is 17.6 Å². The lowest BCUT2D eigenvalue weighted by atomic mass is 10.1. The zero-order chi connectivity index (χ0) is 20.6. The van der Waals surface area contributed by atoms with Crippen LogP contribution < -0.4 is 5.32 Å². The standard InChI is InChI=1S/C19H15ClN2O6/c1-9-4-16-14(8-15(9)20)10(2)17(28-16)18(23)21-12-5-11(19(24)27-3)6-13(7-12)22(25)26/h4-8H,1-3H3,(H,21,23). The number of nitrogens with one attached hydrogen (secondary N) is 1. The number of aryl methyl sites for hydroxylation is 2. The third-order valence-corrected chi connectivity index (χ3v) is 4.64. The fourth-order valence-corrected chi connectivity index (χ4v) is 2.93. The minimum atomic E-state index is -0.760. The van der Waals surface area contributed by atoms with Crippen molar-refractivity contribution in [3.8, 4) is 0 Å². The number of rotatable bonds is 4. The minimum Gasteiger partial charge on any atom is -0.465 e. The molecule has 144 valence electrons. The van der Waals surface area contributed by atoms with Gasteiger partial charge in [-0.3, -0.25) is 14.9 Å². The van der Waals surface area contributed by atoms with E-state index in [4.69, 9.17) is 16.0 Å². The molecule has 0 atom stereocenters. The van der Waals surface area contributed by atoms with E-state index in [1.54, 1.807) is 19.1 Å². The van der Waals surface area contributed by atoms with Crippen LogP contribution in [-0.4, -0.2) is 23.9 Å². The first-order chi connectivity index (χ1) is 13.2. The number of fused-ring (bicyclic) bond motifs is 1. The van der Waals surface area contributed by atoms with Gasteiger partial charge in [-0.25, -0.2) is 4.79 Å². The number of ether oxygens (including phenoxy) is 1. The summed E-state index contributed by atoms with van der Waals surface area (Å²) in [6.07, 6.45) is 0. The summed E-state index contributed by atoms with van der Waals surface area (Å²) in [5.74, 6) is -1.33. The second-order valence-electron chi connectivity index (χ2n) is 6.13. The van der Waals surface area contributed by atoms with Crippen LogP contribution in [0.25, 0.3) is 11.0 Å². The van der Waals surface area contributed by atoms with Crippen molar-refractivity contribution in [2.45, 2.75) is 13.8 Å². The Labute approximate surface area is 164 Å². The van der Waals surface area contributed by atoms with Crippen molar-refractivity contribution in [1.82, 2.24) is 0 Å². The topological polar surface area (TPSA) is 112 Å². The van der Waals surface area contributed by atoms with Crippen LogP contribution in [0.15, 0.2) is 34.7 Å². The fraction of sp³-hybridized carbons (Fsp3) is 0.158. The Morgan fingerprint density at radius 3 is 2.54 bits per heavy atom. The van der Waals surface area contributed by atoms with Crippen LogP contribution in [0.3, 0.4) is 0 Å². The van der Waals surface area contributed by atoms with Gasteiger partial charge in [0.25, 0.3) is 11.6 Å². The molecule has 2 aromatic carbocycles. The quantitative estimate of drug-likeness (QED) is 0.386. The highest BCUT2D eigenvalue weighted by atomic mass is 35.5. The van der Waals surface area contributed by atoms with Crippen LogP contribution in [0.2, 0.25) is 5.02 Å². The van der Waals surface area contributed by atoms with Crippen molar-refractivity contribution in [3.05, 3.63) is 67.9 Å². The van der Waals surface area contributed by atoms with E-state index >= 15 is 0 Å². The molecule has 0 radical (unpaired) electrons. The Balaban J connectivity index is 2.00. The molecule has 1 aromatic heterocycles. The Bertz CT molecular complexity index is 1140. The summed E-state index contributed by atoms with van der Waals surface area (Å²) in [4.78, 5) is 34.9. The molecule has 0 bridgehead atoms. The van der Waals surface area contributed by atoms with Gasteiger partial charge >= 0.3 is 5.97 Å². The summed E-state index contributed by atoms with van der Waals surface area (Å²) >= 11 is 6.14. The Morgan fingerprint density at radius 2 is 1.89 bits per heavy atom. The van der Waals surface area contributed by atoms with Crippen LogP contribution in [-0.2, 0) is 4.74 Å². The summed E-state index contributed by atoms with van der Waals surface area (Å²) < 4.78 is 10.2. The van der Waals surface area contributed by atoms with E-state index in [9.17, 15) is 19.7 Å². The number of hydrogen-bond acceptors (Lipinski definition) is 6. The fourth-order valence-electron chi connectivity index (χ4n) is 2.77. The van der Waals surface area contributed by atoms with Crippen LogP contribution in [0, 0.1) is 24.0 Å². The predicted molar refractivity (Wildman–Crippen MR) is 103 cm³/mol. The average Bonchev–Trinajstić information content (AvgIpc) is 2.97. The molecule has 1 N–H and O–H groups in total. The number of benzene rings is 2. The number of furan rings is 1. The van der Waals surface area contributed by atoms with Gasteiger partial charge in [0.2, 0.25) is 0 Å². The number of halogens is 1. The summed E-state index contributed by atoms with van der Waals surface area (Å²) in [5, 5.41) is 14.9. The number of amides is 1. The Hall–Kier alpha value is -3.39. The largest absolute Gasteiger partial charge is 0.465 e. The second-order valence-corrected chi connectivity index (χ2v) is 6.53. The lowest BCUT2D eigenvalue weighted by molar-refractivity contribution is -0.384. The molecule has 9 heteroatoms. The maximum Gasteiger partial charge on any atom is 0.338 e. The molecule has 3 rings (SSSR count). The molecule has 0 aliphatic rings. The normalized spacial score (nSPS) is 10.7. The molecule has 0 saturated heterocycles. The molecule has 8 nitrogen and oxygen atoms in total. The molecule has 3 aromatic rings. The molecule has 0 fully saturated rings. The summed E-state index contributed by atoms with van der Waals surface area (Å²) in [6, 6.07) is 6.94. The van der Waals surface area contributed by atoms with E-state index in [2.05, 4.69) is 10.1 Å². The lowest BCUT2D eigenvalue weighted by Crippen LogP contribution is -2.13. The summed E-state index contributed by atoms with van der Waals surface area (Å²) in [5.41, 5.74) is 1.52.